The largest absolute Gasteiger partial charge is 0.384 e. The summed E-state index contributed by atoms with van der Waals surface area (Å²) in [6, 6.07) is 0. The molecule has 4 nitrogen and oxygen atoms in total. The Morgan fingerprint density at radius 2 is 1.87 bits per heavy atom. The van der Waals surface area contributed by atoms with Gasteiger partial charge < -0.3 is 9.64 Å². The summed E-state index contributed by atoms with van der Waals surface area (Å²) in [5.41, 5.74) is 0.343. The van der Waals surface area contributed by atoms with Crippen molar-refractivity contribution in [2.75, 3.05) is 44.9 Å². The third-order valence-corrected chi connectivity index (χ3v) is 5.01. The van der Waals surface area contributed by atoms with E-state index in [1.807, 2.05) is 0 Å². The zero-order valence-electron chi connectivity index (χ0n) is 9.24. The van der Waals surface area contributed by atoms with Gasteiger partial charge in [-0.2, -0.15) is 0 Å². The van der Waals surface area contributed by atoms with Gasteiger partial charge in [0.25, 0.3) is 0 Å². The fraction of sp³-hybridized carbons (Fsp3) is 1.00. The van der Waals surface area contributed by atoms with Crippen LogP contribution >= 0.6 is 0 Å². The van der Waals surface area contributed by atoms with Gasteiger partial charge in [-0.25, -0.2) is 8.42 Å². The van der Waals surface area contributed by atoms with Gasteiger partial charge in [0.1, 0.15) is 0 Å². The van der Waals surface area contributed by atoms with Crippen molar-refractivity contribution in [1.82, 2.24) is 4.90 Å². The van der Waals surface area contributed by atoms with Crippen LogP contribution in [-0.2, 0) is 14.6 Å². The Bertz CT molecular complexity index is 308. The van der Waals surface area contributed by atoms with Gasteiger partial charge in [-0.3, -0.25) is 0 Å². The quantitative estimate of drug-likeness (QED) is 0.693. The molecule has 2 rings (SSSR count). The molecule has 0 unspecified atom stereocenters. The summed E-state index contributed by atoms with van der Waals surface area (Å²) in [5.74, 6) is 0.659. The van der Waals surface area contributed by atoms with Crippen LogP contribution in [0.3, 0.4) is 0 Å². The van der Waals surface area contributed by atoms with Gasteiger partial charge in [0.15, 0.2) is 9.84 Å². The lowest BCUT2D eigenvalue weighted by molar-refractivity contribution is 0.111. The molecular formula is C10H19NO3S. The fourth-order valence-corrected chi connectivity index (χ4v) is 3.49. The number of hydrogen-bond donors (Lipinski definition) is 0. The Labute approximate surface area is 91.5 Å². The number of nitrogens with zero attached hydrogens (tertiary/aromatic N) is 1. The number of methoxy groups -OCH3 is 1. The molecule has 0 aromatic carbocycles. The zero-order chi connectivity index (χ0) is 10.9. The van der Waals surface area contributed by atoms with E-state index in [0.29, 0.717) is 30.0 Å². The minimum atomic E-state index is -2.74. The SMILES string of the molecule is COCC1(CN2CCS(=O)(=O)CC2)CC1. The number of sulfone groups is 1. The smallest absolute Gasteiger partial charge is 0.152 e. The molecule has 1 saturated heterocycles. The first-order valence-electron chi connectivity index (χ1n) is 5.47. The number of hydrogen-bond acceptors (Lipinski definition) is 4. The van der Waals surface area contributed by atoms with E-state index in [-0.39, 0.29) is 0 Å². The molecule has 2 fully saturated rings. The standard InChI is InChI=1S/C10H19NO3S/c1-14-9-10(2-3-10)8-11-4-6-15(12,13)7-5-11/h2-9H2,1H3. The molecule has 0 aromatic heterocycles. The summed E-state index contributed by atoms with van der Waals surface area (Å²) in [6.07, 6.45) is 2.45. The number of rotatable bonds is 4. The monoisotopic (exact) mass is 233 g/mol. The van der Waals surface area contributed by atoms with Crippen LogP contribution < -0.4 is 0 Å². The van der Waals surface area contributed by atoms with Crippen LogP contribution in [0.5, 0.6) is 0 Å². The molecule has 15 heavy (non-hydrogen) atoms. The predicted octanol–water partition coefficient (Wildman–Crippen LogP) is 0.143. The van der Waals surface area contributed by atoms with Crippen molar-refractivity contribution in [3.05, 3.63) is 0 Å². The second-order valence-electron chi connectivity index (χ2n) is 4.86. The summed E-state index contributed by atoms with van der Waals surface area (Å²) in [4.78, 5) is 2.27. The Morgan fingerprint density at radius 3 is 2.33 bits per heavy atom. The van der Waals surface area contributed by atoms with Crippen molar-refractivity contribution >= 4 is 9.84 Å². The summed E-state index contributed by atoms with van der Waals surface area (Å²) < 4.78 is 27.7. The first-order chi connectivity index (χ1) is 7.05. The molecule has 0 amide bonds. The third-order valence-electron chi connectivity index (χ3n) is 3.40. The van der Waals surface area contributed by atoms with Gasteiger partial charge in [-0.1, -0.05) is 0 Å². The molecule has 0 aromatic rings. The lowest BCUT2D eigenvalue weighted by Crippen LogP contribution is -2.43. The first-order valence-corrected chi connectivity index (χ1v) is 7.29. The molecule has 0 spiro atoms. The van der Waals surface area contributed by atoms with Crippen molar-refractivity contribution in [1.29, 1.82) is 0 Å². The van der Waals surface area contributed by atoms with Crippen molar-refractivity contribution in [2.24, 2.45) is 5.41 Å². The van der Waals surface area contributed by atoms with Crippen molar-refractivity contribution < 1.29 is 13.2 Å². The Morgan fingerprint density at radius 1 is 1.27 bits per heavy atom. The minimum Gasteiger partial charge on any atom is -0.384 e. The molecule has 2 aliphatic rings. The van der Waals surface area contributed by atoms with Crippen molar-refractivity contribution in [2.45, 2.75) is 12.8 Å². The molecule has 0 radical (unpaired) electrons. The molecule has 1 heterocycles. The topological polar surface area (TPSA) is 46.6 Å². The van der Waals surface area contributed by atoms with E-state index in [0.717, 1.165) is 13.2 Å². The molecule has 0 bridgehead atoms. The normalized spacial score (nSPS) is 28.9. The maximum Gasteiger partial charge on any atom is 0.152 e. The lowest BCUT2D eigenvalue weighted by atomic mass is 10.1. The van der Waals surface area contributed by atoms with Crippen LogP contribution in [0.25, 0.3) is 0 Å². The van der Waals surface area contributed by atoms with Crippen molar-refractivity contribution in [3.63, 3.8) is 0 Å². The van der Waals surface area contributed by atoms with E-state index in [1.165, 1.54) is 12.8 Å². The Hall–Kier alpha value is -0.130. The molecule has 0 N–H and O–H groups in total. The molecular weight excluding hydrogens is 214 g/mol. The highest BCUT2D eigenvalue weighted by Gasteiger charge is 2.44. The molecule has 88 valence electrons. The van der Waals surface area contributed by atoms with E-state index in [9.17, 15) is 8.42 Å². The van der Waals surface area contributed by atoms with Gasteiger partial charge in [0.2, 0.25) is 0 Å². The minimum absolute atomic E-state index is 0.329. The summed E-state index contributed by atoms with van der Waals surface area (Å²) in [6.45, 7) is 3.23. The third kappa shape index (κ3) is 2.92. The maximum absolute atomic E-state index is 11.3. The van der Waals surface area contributed by atoms with E-state index < -0.39 is 9.84 Å². The second kappa shape index (κ2) is 4.03. The van der Waals surface area contributed by atoms with Crippen LogP contribution in [0.2, 0.25) is 0 Å². The van der Waals surface area contributed by atoms with Crippen LogP contribution in [0.1, 0.15) is 12.8 Å². The first kappa shape index (κ1) is 11.4. The summed E-state index contributed by atoms with van der Waals surface area (Å²) in [5, 5.41) is 0. The van der Waals surface area contributed by atoms with E-state index in [4.69, 9.17) is 4.74 Å². The van der Waals surface area contributed by atoms with E-state index >= 15 is 0 Å². The van der Waals surface area contributed by atoms with E-state index in [2.05, 4.69) is 4.90 Å². The van der Waals surface area contributed by atoms with Gasteiger partial charge >= 0.3 is 0 Å². The highest BCUT2D eigenvalue weighted by molar-refractivity contribution is 7.91. The molecule has 0 atom stereocenters. The Kier molecular flexibility index (Phi) is 3.05. The predicted molar refractivity (Wildman–Crippen MR) is 58.6 cm³/mol. The maximum atomic E-state index is 11.3. The van der Waals surface area contributed by atoms with Gasteiger partial charge in [-0.05, 0) is 12.8 Å². The highest BCUT2D eigenvalue weighted by Crippen LogP contribution is 2.46. The number of ether oxygens (including phenoxy) is 1. The fourth-order valence-electron chi connectivity index (χ4n) is 2.21. The summed E-state index contributed by atoms with van der Waals surface area (Å²) in [7, 11) is -0.999. The molecule has 1 aliphatic carbocycles. The zero-order valence-corrected chi connectivity index (χ0v) is 10.1. The molecule has 5 heteroatoms. The van der Waals surface area contributed by atoms with Crippen LogP contribution in [-0.4, -0.2) is 58.2 Å². The highest BCUT2D eigenvalue weighted by atomic mass is 32.2. The molecule has 1 aliphatic heterocycles. The van der Waals surface area contributed by atoms with E-state index in [1.54, 1.807) is 7.11 Å². The van der Waals surface area contributed by atoms with Crippen molar-refractivity contribution in [3.8, 4) is 0 Å². The van der Waals surface area contributed by atoms with Crippen LogP contribution in [0.15, 0.2) is 0 Å². The van der Waals surface area contributed by atoms with Gasteiger partial charge in [-0.15, -0.1) is 0 Å². The average Bonchev–Trinajstić information content (AvgIpc) is 2.90. The van der Waals surface area contributed by atoms with Gasteiger partial charge in [0.05, 0.1) is 18.1 Å². The summed E-state index contributed by atoms with van der Waals surface area (Å²) >= 11 is 0. The Balaban J connectivity index is 1.82. The lowest BCUT2D eigenvalue weighted by Gasteiger charge is -2.30. The van der Waals surface area contributed by atoms with Crippen LogP contribution in [0, 0.1) is 5.41 Å². The average molecular weight is 233 g/mol. The molecule has 1 saturated carbocycles. The van der Waals surface area contributed by atoms with Gasteiger partial charge in [0, 0.05) is 32.2 Å². The second-order valence-corrected chi connectivity index (χ2v) is 7.16. The van der Waals surface area contributed by atoms with Crippen LogP contribution in [0.4, 0.5) is 0 Å².